The predicted molar refractivity (Wildman–Crippen MR) is 72.8 cm³/mol. The van der Waals surface area contributed by atoms with Crippen LogP contribution in [0.5, 0.6) is 5.75 Å². The second-order valence-electron chi connectivity index (χ2n) is 4.48. The van der Waals surface area contributed by atoms with Crippen molar-refractivity contribution in [3.8, 4) is 5.75 Å². The van der Waals surface area contributed by atoms with Gasteiger partial charge in [-0.1, -0.05) is 12.1 Å². The molecule has 0 aliphatic rings. The first-order valence-corrected chi connectivity index (χ1v) is 7.77. The van der Waals surface area contributed by atoms with E-state index in [1.165, 1.54) is 7.11 Å². The van der Waals surface area contributed by atoms with Crippen molar-refractivity contribution in [2.75, 3.05) is 20.0 Å². The molecule has 108 valence electrons. The van der Waals surface area contributed by atoms with Crippen LogP contribution in [0.3, 0.4) is 0 Å². The summed E-state index contributed by atoms with van der Waals surface area (Å²) < 4.78 is 38.1. The third kappa shape index (κ3) is 6.04. The lowest BCUT2D eigenvalue weighted by atomic mass is 10.1. The highest BCUT2D eigenvalue weighted by molar-refractivity contribution is 7.86. The number of hydrogen-bond acceptors (Lipinski definition) is 5. The summed E-state index contributed by atoms with van der Waals surface area (Å²) in [6.07, 6.45) is 0.395. The maximum atomic E-state index is 11.2. The van der Waals surface area contributed by atoms with Crippen molar-refractivity contribution in [1.82, 2.24) is 0 Å². The van der Waals surface area contributed by atoms with Gasteiger partial charge >= 0.3 is 0 Å². The first-order valence-electron chi connectivity index (χ1n) is 5.95. The molecule has 0 fully saturated rings. The van der Waals surface area contributed by atoms with E-state index in [1.807, 2.05) is 19.9 Å². The van der Waals surface area contributed by atoms with Gasteiger partial charge in [0.05, 0.1) is 19.0 Å². The van der Waals surface area contributed by atoms with Crippen LogP contribution >= 0.6 is 0 Å². The molecule has 0 aromatic heterocycles. The third-order valence-corrected chi connectivity index (χ3v) is 2.79. The molecule has 19 heavy (non-hydrogen) atoms. The fourth-order valence-electron chi connectivity index (χ4n) is 1.60. The van der Waals surface area contributed by atoms with Crippen molar-refractivity contribution in [2.45, 2.75) is 26.1 Å². The van der Waals surface area contributed by atoms with Gasteiger partial charge < -0.3 is 9.47 Å². The Kier molecular flexibility index (Phi) is 5.78. The molecule has 1 aromatic carbocycles. The molecule has 0 aliphatic carbocycles. The maximum Gasteiger partial charge on any atom is 0.265 e. The quantitative estimate of drug-likeness (QED) is 0.719. The summed E-state index contributed by atoms with van der Waals surface area (Å²) in [6, 6.07) is 7.14. The minimum atomic E-state index is -3.55. The zero-order valence-corrected chi connectivity index (χ0v) is 12.4. The first kappa shape index (κ1) is 15.9. The van der Waals surface area contributed by atoms with Gasteiger partial charge in [0.1, 0.15) is 11.9 Å². The van der Waals surface area contributed by atoms with Crippen LogP contribution in [-0.4, -0.2) is 34.5 Å². The van der Waals surface area contributed by atoms with Gasteiger partial charge in [-0.05, 0) is 31.5 Å². The number of ether oxygens (including phenoxy) is 2. The van der Waals surface area contributed by atoms with Crippen molar-refractivity contribution in [3.05, 3.63) is 29.8 Å². The summed E-state index contributed by atoms with van der Waals surface area (Å²) in [7, 11) is -2.06. The Morgan fingerprint density at radius 1 is 1.26 bits per heavy atom. The van der Waals surface area contributed by atoms with Crippen LogP contribution < -0.4 is 4.74 Å². The molecule has 0 saturated carbocycles. The molecule has 0 spiro atoms. The smallest absolute Gasteiger partial charge is 0.265 e. The molecule has 0 radical (unpaired) electrons. The highest BCUT2D eigenvalue weighted by atomic mass is 32.2. The molecule has 6 heteroatoms. The molecule has 0 N–H and O–H groups in total. The molecule has 1 aromatic rings. The van der Waals surface area contributed by atoms with Crippen LogP contribution in [-0.2, 0) is 19.0 Å². The van der Waals surface area contributed by atoms with Crippen LogP contribution in [0.2, 0.25) is 0 Å². The van der Waals surface area contributed by atoms with E-state index in [0.29, 0.717) is 11.3 Å². The van der Waals surface area contributed by atoms with Crippen molar-refractivity contribution >= 4 is 10.1 Å². The fraction of sp³-hybridized carbons (Fsp3) is 0.538. The molecule has 1 atom stereocenters. The highest BCUT2D eigenvalue weighted by Crippen LogP contribution is 2.24. The molecular formula is C13H20O5S. The molecule has 0 aliphatic heterocycles. The Morgan fingerprint density at radius 2 is 1.95 bits per heavy atom. The summed E-state index contributed by atoms with van der Waals surface area (Å²) in [6.45, 7) is 4.00. The van der Waals surface area contributed by atoms with E-state index in [0.717, 1.165) is 6.26 Å². The van der Waals surface area contributed by atoms with Gasteiger partial charge in [-0.25, -0.2) is 0 Å². The molecule has 0 saturated heterocycles. The van der Waals surface area contributed by atoms with E-state index < -0.39 is 16.2 Å². The number of benzene rings is 1. The SMILES string of the molecule is COCC(OS(C)(=O)=O)c1cccc(OC(C)C)c1. The monoisotopic (exact) mass is 288 g/mol. The van der Waals surface area contributed by atoms with E-state index in [4.69, 9.17) is 13.7 Å². The summed E-state index contributed by atoms with van der Waals surface area (Å²) in [5, 5.41) is 0. The summed E-state index contributed by atoms with van der Waals surface area (Å²) >= 11 is 0. The zero-order chi connectivity index (χ0) is 14.5. The number of hydrogen-bond donors (Lipinski definition) is 0. The maximum absolute atomic E-state index is 11.2. The average Bonchev–Trinajstić information content (AvgIpc) is 2.26. The van der Waals surface area contributed by atoms with Crippen molar-refractivity contribution in [1.29, 1.82) is 0 Å². The Balaban J connectivity index is 2.95. The second kappa shape index (κ2) is 6.88. The Morgan fingerprint density at radius 3 is 2.47 bits per heavy atom. The van der Waals surface area contributed by atoms with Gasteiger partial charge in [0.25, 0.3) is 10.1 Å². The lowest BCUT2D eigenvalue weighted by Crippen LogP contribution is -2.15. The Hall–Kier alpha value is -1.11. The Labute approximate surface area is 114 Å². The van der Waals surface area contributed by atoms with Crippen LogP contribution in [0, 0.1) is 0 Å². The number of rotatable bonds is 7. The van der Waals surface area contributed by atoms with Crippen LogP contribution in [0.25, 0.3) is 0 Å². The standard InChI is InChI=1S/C13H20O5S/c1-10(2)17-12-7-5-6-11(8-12)13(9-16-3)18-19(4,14)15/h5-8,10,13H,9H2,1-4H3. The van der Waals surface area contributed by atoms with E-state index in [2.05, 4.69) is 0 Å². The predicted octanol–water partition coefficient (Wildman–Crippen LogP) is 2.14. The lowest BCUT2D eigenvalue weighted by molar-refractivity contribution is 0.0858. The summed E-state index contributed by atoms with van der Waals surface area (Å²) in [5.74, 6) is 0.672. The van der Waals surface area contributed by atoms with Crippen molar-refractivity contribution < 1.29 is 22.1 Å². The minimum absolute atomic E-state index is 0.0481. The molecule has 0 amide bonds. The van der Waals surface area contributed by atoms with Gasteiger partial charge in [-0.3, -0.25) is 4.18 Å². The normalized spacial score (nSPS) is 13.5. The van der Waals surface area contributed by atoms with E-state index >= 15 is 0 Å². The lowest BCUT2D eigenvalue weighted by Gasteiger charge is -2.17. The van der Waals surface area contributed by atoms with Crippen molar-refractivity contribution in [2.24, 2.45) is 0 Å². The van der Waals surface area contributed by atoms with E-state index in [-0.39, 0.29) is 12.7 Å². The topological polar surface area (TPSA) is 61.8 Å². The zero-order valence-electron chi connectivity index (χ0n) is 11.6. The van der Waals surface area contributed by atoms with Gasteiger partial charge in [0.15, 0.2) is 0 Å². The highest BCUT2D eigenvalue weighted by Gasteiger charge is 2.18. The fourth-order valence-corrected chi connectivity index (χ4v) is 2.19. The average molecular weight is 288 g/mol. The molecule has 1 unspecified atom stereocenters. The second-order valence-corrected chi connectivity index (χ2v) is 6.08. The summed E-state index contributed by atoms with van der Waals surface area (Å²) in [5.41, 5.74) is 0.699. The number of methoxy groups -OCH3 is 1. The van der Waals surface area contributed by atoms with Gasteiger partial charge in [-0.15, -0.1) is 0 Å². The largest absolute Gasteiger partial charge is 0.491 e. The van der Waals surface area contributed by atoms with Crippen molar-refractivity contribution in [3.63, 3.8) is 0 Å². The molecule has 5 nitrogen and oxygen atoms in total. The van der Waals surface area contributed by atoms with E-state index in [9.17, 15) is 8.42 Å². The van der Waals surface area contributed by atoms with E-state index in [1.54, 1.807) is 18.2 Å². The van der Waals surface area contributed by atoms with Gasteiger partial charge in [0.2, 0.25) is 0 Å². The summed E-state index contributed by atoms with van der Waals surface area (Å²) in [4.78, 5) is 0. The van der Waals surface area contributed by atoms with Crippen LogP contribution in [0.15, 0.2) is 24.3 Å². The van der Waals surface area contributed by atoms with Gasteiger partial charge in [-0.2, -0.15) is 8.42 Å². The molecule has 0 heterocycles. The molecular weight excluding hydrogens is 268 g/mol. The van der Waals surface area contributed by atoms with Crippen LogP contribution in [0.4, 0.5) is 0 Å². The van der Waals surface area contributed by atoms with Crippen LogP contribution in [0.1, 0.15) is 25.5 Å². The Bertz CT molecular complexity index is 496. The minimum Gasteiger partial charge on any atom is -0.491 e. The first-order chi connectivity index (χ1) is 8.81. The van der Waals surface area contributed by atoms with Gasteiger partial charge in [0, 0.05) is 7.11 Å². The third-order valence-electron chi connectivity index (χ3n) is 2.21. The molecule has 1 rings (SSSR count). The molecule has 0 bridgehead atoms.